The predicted molar refractivity (Wildman–Crippen MR) is 62.3 cm³/mol. The molecule has 0 rings (SSSR count). The van der Waals surface area contributed by atoms with Gasteiger partial charge in [-0.1, -0.05) is 6.58 Å². The van der Waals surface area contributed by atoms with E-state index >= 15 is 0 Å². The summed E-state index contributed by atoms with van der Waals surface area (Å²) in [6.07, 6.45) is 1.53. The normalized spacial score (nSPS) is 10.5. The van der Waals surface area contributed by atoms with Crippen LogP contribution >= 0.6 is 0 Å². The summed E-state index contributed by atoms with van der Waals surface area (Å²) in [5, 5.41) is 0. The summed E-state index contributed by atoms with van der Waals surface area (Å²) < 4.78 is 13.8. The van der Waals surface area contributed by atoms with Crippen molar-refractivity contribution < 1.29 is 28.6 Å². The Balaban J connectivity index is 3.87. The minimum Gasteiger partial charge on any atom is -0.459 e. The molecular weight excluding hydrogens is 240 g/mol. The Morgan fingerprint density at radius 1 is 1.00 bits per heavy atom. The number of ether oxygens (including phenoxy) is 3. The Labute approximate surface area is 105 Å². The van der Waals surface area contributed by atoms with Crippen LogP contribution < -0.4 is 0 Å². The molecule has 18 heavy (non-hydrogen) atoms. The van der Waals surface area contributed by atoms with Gasteiger partial charge in [-0.05, 0) is 26.8 Å². The van der Waals surface area contributed by atoms with Gasteiger partial charge in [-0.15, -0.1) is 0 Å². The van der Waals surface area contributed by atoms with Crippen LogP contribution in [0.15, 0.2) is 24.0 Å². The van der Waals surface area contributed by atoms with Crippen molar-refractivity contribution in [1.82, 2.24) is 0 Å². The van der Waals surface area contributed by atoms with Gasteiger partial charge in [-0.2, -0.15) is 0 Å². The molecule has 0 aliphatic rings. The van der Waals surface area contributed by atoms with Gasteiger partial charge in [0.2, 0.25) is 0 Å². The summed E-state index contributed by atoms with van der Waals surface area (Å²) in [7, 11) is 0. The zero-order chi connectivity index (χ0) is 14.1. The first-order valence-corrected chi connectivity index (χ1v) is 5.23. The van der Waals surface area contributed by atoms with Crippen LogP contribution in [0.4, 0.5) is 0 Å². The molecule has 100 valence electrons. The molecule has 0 aromatic heterocycles. The molecule has 0 saturated carbocycles. The van der Waals surface area contributed by atoms with Crippen LogP contribution in [-0.4, -0.2) is 31.1 Å². The summed E-state index contributed by atoms with van der Waals surface area (Å²) >= 11 is 0. The third-order valence-electron chi connectivity index (χ3n) is 1.72. The van der Waals surface area contributed by atoms with E-state index in [2.05, 4.69) is 20.8 Å². The third-order valence-corrected chi connectivity index (χ3v) is 1.72. The first kappa shape index (κ1) is 15.9. The van der Waals surface area contributed by atoms with Crippen molar-refractivity contribution in [2.75, 3.05) is 13.2 Å². The Morgan fingerprint density at radius 2 is 1.50 bits per heavy atom. The molecule has 0 amide bonds. The van der Waals surface area contributed by atoms with Crippen molar-refractivity contribution in [1.29, 1.82) is 0 Å². The average molecular weight is 256 g/mol. The van der Waals surface area contributed by atoms with Crippen LogP contribution in [0.2, 0.25) is 0 Å². The van der Waals surface area contributed by atoms with E-state index in [1.165, 1.54) is 19.9 Å². The molecule has 0 aromatic rings. The van der Waals surface area contributed by atoms with Gasteiger partial charge in [-0.3, -0.25) is 0 Å². The average Bonchev–Trinajstić information content (AvgIpc) is 2.33. The predicted octanol–water partition coefficient (Wildman–Crippen LogP) is 1.12. The van der Waals surface area contributed by atoms with Gasteiger partial charge >= 0.3 is 17.9 Å². The molecule has 0 fully saturated rings. The van der Waals surface area contributed by atoms with Crippen LogP contribution in [-0.2, 0) is 28.6 Å². The molecule has 0 spiro atoms. The van der Waals surface area contributed by atoms with E-state index in [4.69, 9.17) is 0 Å². The Hall–Kier alpha value is -2.11. The first-order valence-electron chi connectivity index (χ1n) is 5.23. The van der Waals surface area contributed by atoms with Gasteiger partial charge in [0.25, 0.3) is 0 Å². The summed E-state index contributed by atoms with van der Waals surface area (Å²) in [4.78, 5) is 33.1. The van der Waals surface area contributed by atoms with E-state index < -0.39 is 17.9 Å². The Morgan fingerprint density at radius 3 is 1.94 bits per heavy atom. The number of hydrogen-bond acceptors (Lipinski definition) is 6. The lowest BCUT2D eigenvalue weighted by molar-refractivity contribution is -0.166. The lowest BCUT2D eigenvalue weighted by atomic mass is 10.4. The summed E-state index contributed by atoms with van der Waals surface area (Å²) in [6, 6.07) is 0. The smallest absolute Gasteiger partial charge is 0.422 e. The highest BCUT2D eigenvalue weighted by Crippen LogP contribution is 1.97. The van der Waals surface area contributed by atoms with Crippen molar-refractivity contribution in [3.8, 4) is 0 Å². The Bertz CT molecular complexity index is 380. The van der Waals surface area contributed by atoms with Gasteiger partial charge in [0.1, 0.15) is 19.0 Å². The number of allylic oxidation sites excluding steroid dienone is 2. The molecular formula is C12H16O6. The summed E-state index contributed by atoms with van der Waals surface area (Å²) in [5.41, 5.74) is 0.240. The van der Waals surface area contributed by atoms with Crippen LogP contribution in [0, 0.1) is 0 Å². The summed E-state index contributed by atoms with van der Waals surface area (Å²) in [6.45, 7) is 7.69. The van der Waals surface area contributed by atoms with Gasteiger partial charge < -0.3 is 14.2 Å². The van der Waals surface area contributed by atoms with Crippen LogP contribution in [0.1, 0.15) is 20.8 Å². The zero-order valence-electron chi connectivity index (χ0n) is 10.6. The van der Waals surface area contributed by atoms with Crippen LogP contribution in [0.5, 0.6) is 0 Å². The van der Waals surface area contributed by atoms with E-state index in [1.54, 1.807) is 6.92 Å². The molecule has 0 N–H and O–H groups in total. The van der Waals surface area contributed by atoms with Crippen molar-refractivity contribution in [2.45, 2.75) is 20.8 Å². The van der Waals surface area contributed by atoms with Gasteiger partial charge in [-0.25, -0.2) is 14.4 Å². The molecule has 0 heterocycles. The van der Waals surface area contributed by atoms with Gasteiger partial charge in [0.15, 0.2) is 0 Å². The van der Waals surface area contributed by atoms with E-state index in [1.807, 2.05) is 0 Å². The molecule has 0 radical (unpaired) electrons. The standard InChI is InChI=1S/C12H16O6/c1-5-9(4)18-12(15)11(14)17-7-6-16-10(13)8(2)3/h5H,2,6-7H2,1,3-4H3. The molecule has 0 bridgehead atoms. The minimum absolute atomic E-state index is 0.146. The molecule has 0 unspecified atom stereocenters. The minimum atomic E-state index is -1.14. The van der Waals surface area contributed by atoms with Crippen molar-refractivity contribution in [3.63, 3.8) is 0 Å². The lowest BCUT2D eigenvalue weighted by Gasteiger charge is -2.06. The second kappa shape index (κ2) is 8.05. The second-order valence-electron chi connectivity index (χ2n) is 3.34. The number of carbonyl (C=O) groups is 3. The number of carbonyl (C=O) groups excluding carboxylic acids is 3. The fraction of sp³-hybridized carbons (Fsp3) is 0.417. The topological polar surface area (TPSA) is 78.9 Å². The van der Waals surface area contributed by atoms with E-state index in [0.717, 1.165) is 0 Å². The molecule has 6 heteroatoms. The van der Waals surface area contributed by atoms with E-state index in [9.17, 15) is 14.4 Å². The lowest BCUT2D eigenvalue weighted by Crippen LogP contribution is -2.22. The highest BCUT2D eigenvalue weighted by molar-refractivity contribution is 6.29. The molecule has 0 aliphatic carbocycles. The van der Waals surface area contributed by atoms with Crippen LogP contribution in [0.3, 0.4) is 0 Å². The molecule has 0 saturated heterocycles. The quantitative estimate of drug-likeness (QED) is 0.183. The van der Waals surface area contributed by atoms with Gasteiger partial charge in [0.05, 0.1) is 0 Å². The molecule has 0 aliphatic heterocycles. The highest BCUT2D eigenvalue weighted by atomic mass is 16.6. The van der Waals surface area contributed by atoms with Crippen molar-refractivity contribution in [2.24, 2.45) is 0 Å². The molecule has 0 aromatic carbocycles. The van der Waals surface area contributed by atoms with E-state index in [-0.39, 0.29) is 18.8 Å². The SMILES string of the molecule is C=C(C)C(=O)OCCOC(=O)C(=O)OC(C)=CC. The third kappa shape index (κ3) is 6.47. The maximum absolute atomic E-state index is 11.1. The van der Waals surface area contributed by atoms with Crippen LogP contribution in [0.25, 0.3) is 0 Å². The van der Waals surface area contributed by atoms with Gasteiger partial charge in [0, 0.05) is 5.57 Å². The molecule has 6 nitrogen and oxygen atoms in total. The summed E-state index contributed by atoms with van der Waals surface area (Å²) in [5.74, 6) is -2.54. The number of rotatable bonds is 5. The molecule has 0 atom stereocenters. The van der Waals surface area contributed by atoms with E-state index in [0.29, 0.717) is 5.76 Å². The maximum atomic E-state index is 11.1. The fourth-order valence-corrected chi connectivity index (χ4v) is 0.698. The first-order chi connectivity index (χ1) is 8.38. The second-order valence-corrected chi connectivity index (χ2v) is 3.34. The number of hydrogen-bond donors (Lipinski definition) is 0. The number of esters is 3. The Kier molecular flexibility index (Phi) is 7.11. The zero-order valence-corrected chi connectivity index (χ0v) is 10.6. The highest BCUT2D eigenvalue weighted by Gasteiger charge is 2.18. The van der Waals surface area contributed by atoms with Crippen molar-refractivity contribution >= 4 is 17.9 Å². The monoisotopic (exact) mass is 256 g/mol. The maximum Gasteiger partial charge on any atom is 0.422 e. The fourth-order valence-electron chi connectivity index (χ4n) is 0.698. The largest absolute Gasteiger partial charge is 0.459 e. The van der Waals surface area contributed by atoms with Crippen molar-refractivity contribution in [3.05, 3.63) is 24.0 Å².